The van der Waals surface area contributed by atoms with Gasteiger partial charge in [0.05, 0.1) is 6.04 Å². The van der Waals surface area contributed by atoms with Crippen LogP contribution >= 0.6 is 0 Å². The first kappa shape index (κ1) is 12.1. The number of hydrogen-bond acceptors (Lipinski definition) is 7. The maximum Gasteiger partial charge on any atom is 0.282 e. The highest BCUT2D eigenvalue weighted by Crippen LogP contribution is 2.43. The Morgan fingerprint density at radius 2 is 2.21 bits per heavy atom. The van der Waals surface area contributed by atoms with Crippen LogP contribution in [-0.4, -0.2) is 48.4 Å². The second-order valence-corrected chi connectivity index (χ2v) is 4.75. The van der Waals surface area contributed by atoms with E-state index in [1.807, 2.05) is 0 Å². The van der Waals surface area contributed by atoms with Crippen LogP contribution in [0.15, 0.2) is 4.79 Å². The Balaban J connectivity index is 2.05. The topological polar surface area (TPSA) is 143 Å². The van der Waals surface area contributed by atoms with Gasteiger partial charge in [-0.15, -0.1) is 5.10 Å². The van der Waals surface area contributed by atoms with Gasteiger partial charge in [-0.25, -0.2) is 4.68 Å². The molecule has 3 unspecified atom stereocenters. The van der Waals surface area contributed by atoms with Crippen LogP contribution in [0.5, 0.6) is 0 Å². The molecular formula is C10H14N6O3. The Hall–Kier alpha value is -2.00. The van der Waals surface area contributed by atoms with Crippen molar-refractivity contribution < 1.29 is 10.2 Å². The van der Waals surface area contributed by atoms with Crippen LogP contribution < -0.4 is 11.3 Å². The van der Waals surface area contributed by atoms with Crippen LogP contribution in [0, 0.1) is 11.8 Å². The molecule has 0 amide bonds. The first-order chi connectivity index (χ1) is 9.15. The van der Waals surface area contributed by atoms with Crippen molar-refractivity contribution >= 4 is 17.1 Å². The Bertz CT molecular complexity index is 665. The van der Waals surface area contributed by atoms with Gasteiger partial charge in [0.2, 0.25) is 5.95 Å². The number of aromatic amines is 1. The first-order valence-corrected chi connectivity index (χ1v) is 5.98. The molecule has 2 aromatic heterocycles. The summed E-state index contributed by atoms with van der Waals surface area (Å²) < 4.78 is 1.51. The summed E-state index contributed by atoms with van der Waals surface area (Å²) in [6, 6.07) is -0.124. The highest BCUT2D eigenvalue weighted by Gasteiger charge is 2.42. The van der Waals surface area contributed by atoms with Crippen LogP contribution in [-0.2, 0) is 0 Å². The minimum atomic E-state index is -0.438. The van der Waals surface area contributed by atoms with Crippen molar-refractivity contribution in [1.29, 1.82) is 0 Å². The van der Waals surface area contributed by atoms with Crippen molar-refractivity contribution in [1.82, 2.24) is 25.0 Å². The van der Waals surface area contributed by atoms with Gasteiger partial charge in [0.25, 0.3) is 5.56 Å². The summed E-state index contributed by atoms with van der Waals surface area (Å²) in [6.07, 6.45) is 0.661. The lowest BCUT2D eigenvalue weighted by molar-refractivity contribution is -0.0109. The average molecular weight is 266 g/mol. The Labute approximate surface area is 107 Å². The molecule has 1 aliphatic carbocycles. The van der Waals surface area contributed by atoms with Crippen LogP contribution in [0.3, 0.4) is 0 Å². The third kappa shape index (κ3) is 1.70. The lowest BCUT2D eigenvalue weighted by Crippen LogP contribution is -2.43. The monoisotopic (exact) mass is 266 g/mol. The molecule has 0 saturated heterocycles. The number of nitrogens with two attached hydrogens (primary N) is 1. The van der Waals surface area contributed by atoms with Crippen molar-refractivity contribution in [2.24, 2.45) is 11.8 Å². The Kier molecular flexibility index (Phi) is 2.72. The average Bonchev–Trinajstić information content (AvgIpc) is 2.73. The molecule has 1 saturated carbocycles. The van der Waals surface area contributed by atoms with Gasteiger partial charge in [0.1, 0.15) is 0 Å². The normalized spacial score (nSPS) is 26.5. The van der Waals surface area contributed by atoms with E-state index in [4.69, 9.17) is 10.8 Å². The van der Waals surface area contributed by atoms with Gasteiger partial charge in [-0.1, -0.05) is 5.21 Å². The Morgan fingerprint density at radius 3 is 2.89 bits per heavy atom. The molecule has 1 fully saturated rings. The number of aliphatic hydroxyl groups excluding tert-OH is 2. The number of hydrogen-bond donors (Lipinski definition) is 4. The van der Waals surface area contributed by atoms with E-state index >= 15 is 0 Å². The summed E-state index contributed by atoms with van der Waals surface area (Å²) in [6.45, 7) is -0.0412. The molecule has 9 nitrogen and oxygen atoms in total. The fraction of sp³-hybridized carbons (Fsp3) is 0.600. The van der Waals surface area contributed by atoms with Crippen LogP contribution in [0.1, 0.15) is 12.5 Å². The summed E-state index contributed by atoms with van der Waals surface area (Å²) in [5, 5.41) is 26.2. The zero-order valence-corrected chi connectivity index (χ0v) is 10.0. The predicted molar refractivity (Wildman–Crippen MR) is 65.2 cm³/mol. The molecule has 3 atom stereocenters. The number of nitrogens with one attached hydrogen (secondary N) is 1. The van der Waals surface area contributed by atoms with Gasteiger partial charge in [-0.05, 0) is 12.3 Å². The van der Waals surface area contributed by atoms with E-state index in [1.54, 1.807) is 0 Å². The summed E-state index contributed by atoms with van der Waals surface area (Å²) in [5.41, 5.74) is 5.50. The molecule has 0 radical (unpaired) electrons. The fourth-order valence-electron chi connectivity index (χ4n) is 2.62. The molecule has 9 heteroatoms. The predicted octanol–water partition coefficient (Wildman–Crippen LogP) is -1.74. The van der Waals surface area contributed by atoms with Gasteiger partial charge in [-0.3, -0.25) is 9.78 Å². The maximum absolute atomic E-state index is 11.6. The highest BCUT2D eigenvalue weighted by molar-refractivity contribution is 5.69. The van der Waals surface area contributed by atoms with Crippen LogP contribution in [0.25, 0.3) is 11.2 Å². The third-order valence-electron chi connectivity index (χ3n) is 3.76. The zero-order chi connectivity index (χ0) is 13.6. The SMILES string of the molecule is Nc1nc2c(nnn2C2CC(CO)C2CO)c(=O)[nH]1. The number of fused-ring (bicyclic) bond motifs is 1. The van der Waals surface area contributed by atoms with E-state index in [0.717, 1.165) is 0 Å². The molecule has 102 valence electrons. The smallest absolute Gasteiger partial charge is 0.282 e. The standard InChI is InChI=1S/C10H14N6O3/c11-10-12-8-7(9(19)13-10)14-15-16(8)6-1-4(2-17)5(6)3-18/h4-6,17-18H,1-3H2,(H3,11,12,13,19). The summed E-state index contributed by atoms with van der Waals surface area (Å²) in [7, 11) is 0. The summed E-state index contributed by atoms with van der Waals surface area (Å²) in [5.74, 6) is -0.0783. The minimum absolute atomic E-state index is 0.000342. The fourth-order valence-corrected chi connectivity index (χ4v) is 2.62. The van der Waals surface area contributed by atoms with Gasteiger partial charge in [-0.2, -0.15) is 4.98 Å². The van der Waals surface area contributed by atoms with Gasteiger partial charge < -0.3 is 15.9 Å². The van der Waals surface area contributed by atoms with Gasteiger partial charge in [0.15, 0.2) is 11.2 Å². The highest BCUT2D eigenvalue weighted by atomic mass is 16.3. The van der Waals surface area contributed by atoms with E-state index in [1.165, 1.54) is 4.68 Å². The van der Waals surface area contributed by atoms with E-state index in [0.29, 0.717) is 12.1 Å². The summed E-state index contributed by atoms with van der Waals surface area (Å²) in [4.78, 5) is 18.0. The first-order valence-electron chi connectivity index (χ1n) is 5.98. The molecule has 0 aliphatic heterocycles. The van der Waals surface area contributed by atoms with Gasteiger partial charge >= 0.3 is 0 Å². The molecule has 2 heterocycles. The van der Waals surface area contributed by atoms with E-state index in [2.05, 4.69) is 20.3 Å². The Morgan fingerprint density at radius 1 is 1.42 bits per heavy atom. The molecule has 2 aromatic rings. The largest absolute Gasteiger partial charge is 0.396 e. The quantitative estimate of drug-likeness (QED) is 0.516. The number of nitrogens with zero attached hydrogens (tertiary/aromatic N) is 4. The van der Waals surface area contributed by atoms with Crippen molar-refractivity contribution in [3.63, 3.8) is 0 Å². The minimum Gasteiger partial charge on any atom is -0.396 e. The molecular weight excluding hydrogens is 252 g/mol. The molecule has 0 bridgehead atoms. The van der Waals surface area contributed by atoms with Crippen molar-refractivity contribution in [3.8, 4) is 0 Å². The van der Waals surface area contributed by atoms with Gasteiger partial charge in [0, 0.05) is 19.1 Å². The second-order valence-electron chi connectivity index (χ2n) is 4.75. The number of aliphatic hydroxyl groups is 2. The third-order valence-corrected chi connectivity index (χ3v) is 3.76. The zero-order valence-electron chi connectivity index (χ0n) is 10.0. The number of aromatic nitrogens is 5. The second kappa shape index (κ2) is 4.28. The molecule has 3 rings (SSSR count). The van der Waals surface area contributed by atoms with E-state index in [-0.39, 0.29) is 42.6 Å². The summed E-state index contributed by atoms with van der Waals surface area (Å²) >= 11 is 0. The molecule has 0 aromatic carbocycles. The molecule has 0 spiro atoms. The number of nitrogen functional groups attached to an aromatic ring is 1. The van der Waals surface area contributed by atoms with Crippen LogP contribution in [0.4, 0.5) is 5.95 Å². The van der Waals surface area contributed by atoms with Crippen LogP contribution in [0.2, 0.25) is 0 Å². The van der Waals surface area contributed by atoms with E-state index < -0.39 is 5.56 Å². The molecule has 19 heavy (non-hydrogen) atoms. The van der Waals surface area contributed by atoms with Crippen molar-refractivity contribution in [3.05, 3.63) is 10.4 Å². The maximum atomic E-state index is 11.6. The lowest BCUT2D eigenvalue weighted by atomic mass is 9.70. The number of H-pyrrole nitrogens is 1. The number of rotatable bonds is 3. The molecule has 5 N–H and O–H groups in total. The van der Waals surface area contributed by atoms with Crippen molar-refractivity contribution in [2.75, 3.05) is 18.9 Å². The van der Waals surface area contributed by atoms with Crippen molar-refractivity contribution in [2.45, 2.75) is 12.5 Å². The van der Waals surface area contributed by atoms with E-state index in [9.17, 15) is 9.90 Å². The molecule has 1 aliphatic rings. The number of anilines is 1. The lowest BCUT2D eigenvalue weighted by Gasteiger charge is -2.42.